The van der Waals surface area contributed by atoms with Gasteiger partial charge < -0.3 is 14.8 Å². The van der Waals surface area contributed by atoms with E-state index < -0.39 is 41.4 Å². The number of rotatable bonds is 7. The summed E-state index contributed by atoms with van der Waals surface area (Å²) in [6.07, 6.45) is -4.91. The summed E-state index contributed by atoms with van der Waals surface area (Å²) in [7, 11) is 0. The van der Waals surface area contributed by atoms with Crippen molar-refractivity contribution in [2.24, 2.45) is 0 Å². The fourth-order valence-electron chi connectivity index (χ4n) is 3.98. The van der Waals surface area contributed by atoms with Gasteiger partial charge in [-0.3, -0.25) is 4.79 Å². The van der Waals surface area contributed by atoms with Crippen LogP contribution in [0.4, 0.5) is 26.3 Å². The average molecular weight is 497 g/mol. The maximum absolute atomic E-state index is 14.3. The van der Waals surface area contributed by atoms with Crippen LogP contribution in [-0.2, 0) is 37.0 Å². The molecule has 4 rings (SSSR count). The molecule has 186 valence electrons. The van der Waals surface area contributed by atoms with E-state index in [9.17, 15) is 31.1 Å². The molecule has 35 heavy (non-hydrogen) atoms. The zero-order chi connectivity index (χ0) is 25.2. The van der Waals surface area contributed by atoms with Crippen molar-refractivity contribution in [3.63, 3.8) is 0 Å². The predicted molar refractivity (Wildman–Crippen MR) is 112 cm³/mol. The van der Waals surface area contributed by atoms with Crippen molar-refractivity contribution >= 4 is 5.91 Å². The van der Waals surface area contributed by atoms with E-state index in [1.807, 2.05) is 30.3 Å². The Bertz CT molecular complexity index is 1200. The molecule has 1 amide bonds. The summed E-state index contributed by atoms with van der Waals surface area (Å²) in [5.41, 5.74) is 0.789. The van der Waals surface area contributed by atoms with Crippen molar-refractivity contribution < 1.29 is 31.1 Å². The molecule has 1 N–H and O–H groups in total. The van der Waals surface area contributed by atoms with Gasteiger partial charge >= 0.3 is 6.18 Å². The highest BCUT2D eigenvalue weighted by atomic mass is 19.4. The highest BCUT2D eigenvalue weighted by Gasteiger charge is 2.40. The van der Waals surface area contributed by atoms with E-state index in [1.54, 1.807) is 0 Å². The molecule has 1 aromatic heterocycles. The summed E-state index contributed by atoms with van der Waals surface area (Å²) in [5.74, 6) is -4.96. The van der Waals surface area contributed by atoms with E-state index in [2.05, 4.69) is 15.5 Å². The van der Waals surface area contributed by atoms with Gasteiger partial charge in [-0.05, 0) is 23.6 Å². The lowest BCUT2D eigenvalue weighted by Gasteiger charge is -2.30. The van der Waals surface area contributed by atoms with Gasteiger partial charge in [-0.15, -0.1) is 10.2 Å². The Hall–Kier alpha value is -3.41. The van der Waals surface area contributed by atoms with Crippen molar-refractivity contribution in [2.75, 3.05) is 6.54 Å². The van der Waals surface area contributed by atoms with Gasteiger partial charge in [0.15, 0.2) is 17.5 Å². The number of nitrogens with zero attached hydrogens (tertiary/aromatic N) is 4. The van der Waals surface area contributed by atoms with Crippen LogP contribution in [0.3, 0.4) is 0 Å². The summed E-state index contributed by atoms with van der Waals surface area (Å²) in [4.78, 5) is 14.4. The summed E-state index contributed by atoms with van der Waals surface area (Å²) >= 11 is 0. The lowest BCUT2D eigenvalue weighted by Crippen LogP contribution is -2.43. The van der Waals surface area contributed by atoms with Crippen LogP contribution >= 0.6 is 0 Å². The molecule has 0 radical (unpaired) electrons. The number of aromatic nitrogens is 3. The minimum Gasteiger partial charge on any atom is -0.333 e. The van der Waals surface area contributed by atoms with E-state index in [4.69, 9.17) is 0 Å². The number of hydrogen-bond donors (Lipinski definition) is 1. The Morgan fingerprint density at radius 2 is 1.71 bits per heavy atom. The second kappa shape index (κ2) is 10.1. The van der Waals surface area contributed by atoms with E-state index in [1.165, 1.54) is 4.90 Å². The third-order valence-corrected chi connectivity index (χ3v) is 5.77. The number of carbonyl (C=O) groups is 1. The largest absolute Gasteiger partial charge is 0.451 e. The molecule has 1 aliphatic heterocycles. The molecule has 12 heteroatoms. The number of amides is 1. The number of carbonyl (C=O) groups excluding carboxylic acids is 1. The number of alkyl halides is 3. The molecular weight excluding hydrogens is 476 g/mol. The molecule has 0 unspecified atom stereocenters. The van der Waals surface area contributed by atoms with E-state index >= 15 is 0 Å². The van der Waals surface area contributed by atoms with Gasteiger partial charge in [-0.25, -0.2) is 13.2 Å². The van der Waals surface area contributed by atoms with Crippen LogP contribution in [0.1, 0.15) is 29.2 Å². The predicted octanol–water partition coefficient (Wildman–Crippen LogP) is 3.85. The van der Waals surface area contributed by atoms with Crippen LogP contribution in [0.15, 0.2) is 42.5 Å². The Morgan fingerprint density at radius 3 is 2.43 bits per heavy atom. The van der Waals surface area contributed by atoms with Gasteiger partial charge in [0, 0.05) is 38.2 Å². The molecule has 2 heterocycles. The van der Waals surface area contributed by atoms with Crippen LogP contribution < -0.4 is 5.32 Å². The molecule has 6 nitrogen and oxygen atoms in total. The molecular formula is C23H21F6N5O. The number of benzene rings is 2. The molecule has 0 aliphatic carbocycles. The van der Waals surface area contributed by atoms with Gasteiger partial charge in [0.25, 0.3) is 0 Å². The zero-order valence-corrected chi connectivity index (χ0v) is 18.3. The molecule has 0 bridgehead atoms. The quantitative estimate of drug-likeness (QED) is 0.398. The first-order chi connectivity index (χ1) is 16.6. The smallest absolute Gasteiger partial charge is 0.333 e. The van der Waals surface area contributed by atoms with Gasteiger partial charge in [-0.1, -0.05) is 30.3 Å². The van der Waals surface area contributed by atoms with Crippen molar-refractivity contribution in [1.29, 1.82) is 0 Å². The van der Waals surface area contributed by atoms with Crippen LogP contribution in [-0.4, -0.2) is 38.2 Å². The van der Waals surface area contributed by atoms with Gasteiger partial charge in [0.2, 0.25) is 11.7 Å². The molecule has 0 saturated carbocycles. The zero-order valence-electron chi connectivity index (χ0n) is 18.3. The lowest BCUT2D eigenvalue weighted by molar-refractivity contribution is -0.148. The lowest BCUT2D eigenvalue weighted by atomic mass is 10.0. The van der Waals surface area contributed by atoms with Crippen molar-refractivity contribution in [1.82, 2.24) is 25.0 Å². The fourth-order valence-corrected chi connectivity index (χ4v) is 3.98. The van der Waals surface area contributed by atoms with E-state index in [-0.39, 0.29) is 43.9 Å². The molecule has 1 aliphatic rings. The van der Waals surface area contributed by atoms with Crippen LogP contribution in [0, 0.1) is 17.5 Å². The molecule has 0 spiro atoms. The summed E-state index contributed by atoms with van der Waals surface area (Å²) in [6, 6.07) is 9.73. The van der Waals surface area contributed by atoms with Crippen molar-refractivity contribution in [2.45, 2.75) is 44.7 Å². The molecule has 1 atom stereocenters. The number of halogens is 6. The van der Waals surface area contributed by atoms with Crippen molar-refractivity contribution in [3.05, 3.63) is 82.7 Å². The second-order valence-electron chi connectivity index (χ2n) is 8.23. The first-order valence-electron chi connectivity index (χ1n) is 10.8. The third-order valence-electron chi connectivity index (χ3n) is 5.77. The summed E-state index contributed by atoms with van der Waals surface area (Å²) in [5, 5.41) is 9.91. The second-order valence-corrected chi connectivity index (χ2v) is 8.23. The molecule has 3 aromatic rings. The normalized spacial score (nSPS) is 14.6. The highest BCUT2D eigenvalue weighted by molar-refractivity contribution is 5.77. The average Bonchev–Trinajstić information content (AvgIpc) is 3.25. The van der Waals surface area contributed by atoms with Crippen LogP contribution in [0.2, 0.25) is 0 Å². The minimum absolute atomic E-state index is 0.0115. The molecule has 0 fully saturated rings. The van der Waals surface area contributed by atoms with Gasteiger partial charge in [0.05, 0.1) is 6.54 Å². The van der Waals surface area contributed by atoms with Gasteiger partial charge in [0.1, 0.15) is 5.82 Å². The Kier molecular flexibility index (Phi) is 7.10. The maximum Gasteiger partial charge on any atom is 0.451 e. The third kappa shape index (κ3) is 5.81. The maximum atomic E-state index is 14.3. The Morgan fingerprint density at radius 1 is 1.00 bits per heavy atom. The fraction of sp³-hybridized carbons (Fsp3) is 0.348. The number of nitrogens with one attached hydrogen (secondary N) is 1. The number of hydrogen-bond acceptors (Lipinski definition) is 4. The SMILES string of the molecule is O=C(C[C@@H](Cc1cc(F)c(F)cc1F)NCc1ccccc1)N1CCn2c(nnc2C(F)(F)F)C1. The first kappa shape index (κ1) is 24.7. The summed E-state index contributed by atoms with van der Waals surface area (Å²) in [6.45, 7) is 0.0565. The monoisotopic (exact) mass is 497 g/mol. The Balaban J connectivity index is 1.48. The minimum atomic E-state index is -4.65. The summed E-state index contributed by atoms with van der Waals surface area (Å²) < 4.78 is 81.4. The standard InChI is InChI=1S/C23H21F6N5O/c24-17-11-19(26)18(25)9-15(17)8-16(30-12-14-4-2-1-3-5-14)10-21(35)33-6-7-34-20(13-33)31-32-22(34)23(27,28)29/h1-5,9,11,16,30H,6-8,10,12-13H2/t16-/m1/s1. The molecule has 2 aromatic carbocycles. The van der Waals surface area contributed by atoms with Crippen molar-refractivity contribution in [3.8, 4) is 0 Å². The molecule has 0 saturated heterocycles. The van der Waals surface area contributed by atoms with E-state index in [0.29, 0.717) is 12.6 Å². The van der Waals surface area contributed by atoms with Gasteiger partial charge in [-0.2, -0.15) is 13.2 Å². The first-order valence-corrected chi connectivity index (χ1v) is 10.8. The number of fused-ring (bicyclic) bond motifs is 1. The highest BCUT2D eigenvalue weighted by Crippen LogP contribution is 2.29. The Labute approximate surface area is 196 Å². The van der Waals surface area contributed by atoms with E-state index in [0.717, 1.165) is 16.2 Å². The topological polar surface area (TPSA) is 63.1 Å². The van der Waals surface area contributed by atoms with Crippen LogP contribution in [0.5, 0.6) is 0 Å². The van der Waals surface area contributed by atoms with Crippen LogP contribution in [0.25, 0.3) is 0 Å².